The zero-order valence-corrected chi connectivity index (χ0v) is 7.96. The first-order valence-electron chi connectivity index (χ1n) is 4.30. The van der Waals surface area contributed by atoms with E-state index >= 15 is 0 Å². The van der Waals surface area contributed by atoms with E-state index in [4.69, 9.17) is 11.5 Å². The molecule has 0 radical (unpaired) electrons. The van der Waals surface area contributed by atoms with Gasteiger partial charge in [-0.3, -0.25) is 4.79 Å². The minimum Gasteiger partial charge on any atom is -0.370 e. The summed E-state index contributed by atoms with van der Waals surface area (Å²) in [6.45, 7) is 1.78. The molecule has 0 saturated carbocycles. The first kappa shape index (κ1) is 10.7. The number of nitrogens with two attached hydrogens (primary N) is 2. The Bertz CT molecular complexity index is 352. The van der Waals surface area contributed by atoms with Crippen molar-refractivity contribution in [3.63, 3.8) is 0 Å². The molecule has 0 spiro atoms. The summed E-state index contributed by atoms with van der Waals surface area (Å²) in [5.41, 5.74) is 11.7. The van der Waals surface area contributed by atoms with Crippen LogP contribution in [-0.4, -0.2) is 5.91 Å². The van der Waals surface area contributed by atoms with Gasteiger partial charge in [-0.2, -0.15) is 0 Å². The van der Waals surface area contributed by atoms with Gasteiger partial charge in [-0.1, -0.05) is 12.1 Å². The molecule has 1 amide bonds. The summed E-state index contributed by atoms with van der Waals surface area (Å²) in [5.74, 6) is -0.920. The number of rotatable bonds is 3. The Morgan fingerprint density at radius 1 is 1.57 bits per heavy atom. The molecule has 0 aliphatic rings. The molecule has 4 N–H and O–H groups in total. The van der Waals surface area contributed by atoms with Gasteiger partial charge in [-0.15, -0.1) is 0 Å². The van der Waals surface area contributed by atoms with Crippen LogP contribution in [0, 0.1) is 12.7 Å². The zero-order valence-electron chi connectivity index (χ0n) is 7.96. The van der Waals surface area contributed by atoms with Gasteiger partial charge < -0.3 is 11.5 Å². The second kappa shape index (κ2) is 4.19. The minimum absolute atomic E-state index is 0.0417. The molecule has 1 aromatic carbocycles. The summed E-state index contributed by atoms with van der Waals surface area (Å²) in [6.07, 6.45) is -0.0417. The molecule has 1 rings (SSSR count). The Hall–Kier alpha value is -1.42. The quantitative estimate of drug-likeness (QED) is 0.757. The molecule has 1 atom stereocenters. The summed E-state index contributed by atoms with van der Waals surface area (Å²) in [6, 6.07) is 4.06. The van der Waals surface area contributed by atoms with Crippen molar-refractivity contribution < 1.29 is 9.18 Å². The molecule has 0 bridgehead atoms. The number of halogens is 1. The molecule has 0 heterocycles. The van der Waals surface area contributed by atoms with Crippen LogP contribution in [0.2, 0.25) is 0 Å². The summed E-state index contributed by atoms with van der Waals surface area (Å²) < 4.78 is 13.3. The number of carbonyl (C=O) groups excluding carboxylic acids is 1. The maximum absolute atomic E-state index is 13.3. The lowest BCUT2D eigenvalue weighted by molar-refractivity contribution is -0.118. The summed E-state index contributed by atoms with van der Waals surface area (Å²) in [5, 5.41) is 0. The van der Waals surface area contributed by atoms with Crippen molar-refractivity contribution in [3.8, 4) is 0 Å². The van der Waals surface area contributed by atoms with Crippen molar-refractivity contribution in [2.24, 2.45) is 11.5 Å². The van der Waals surface area contributed by atoms with Crippen molar-refractivity contribution in [1.82, 2.24) is 0 Å². The van der Waals surface area contributed by atoms with Crippen LogP contribution >= 0.6 is 0 Å². The van der Waals surface area contributed by atoms with E-state index in [2.05, 4.69) is 0 Å². The molecule has 0 aliphatic heterocycles. The highest BCUT2D eigenvalue weighted by Gasteiger charge is 2.13. The Morgan fingerprint density at radius 3 is 2.71 bits per heavy atom. The van der Waals surface area contributed by atoms with Crippen molar-refractivity contribution >= 4 is 5.91 Å². The molecule has 76 valence electrons. The summed E-state index contributed by atoms with van der Waals surface area (Å²) in [4.78, 5) is 10.6. The van der Waals surface area contributed by atoms with Gasteiger partial charge in [-0.05, 0) is 18.6 Å². The Morgan fingerprint density at radius 2 is 2.21 bits per heavy atom. The van der Waals surface area contributed by atoms with Gasteiger partial charge in [0.05, 0.1) is 0 Å². The predicted octanol–water partition coefficient (Wildman–Crippen LogP) is 1.01. The summed E-state index contributed by atoms with van der Waals surface area (Å²) in [7, 11) is 0. The fourth-order valence-electron chi connectivity index (χ4n) is 1.26. The largest absolute Gasteiger partial charge is 0.370 e. The van der Waals surface area contributed by atoms with E-state index in [0.717, 1.165) is 5.56 Å². The van der Waals surface area contributed by atoms with Crippen LogP contribution in [0.5, 0.6) is 0 Å². The van der Waals surface area contributed by atoms with Crippen LogP contribution in [0.25, 0.3) is 0 Å². The van der Waals surface area contributed by atoms with Gasteiger partial charge in [0.2, 0.25) is 5.91 Å². The summed E-state index contributed by atoms with van der Waals surface area (Å²) >= 11 is 0. The second-order valence-corrected chi connectivity index (χ2v) is 3.30. The van der Waals surface area contributed by atoms with Crippen LogP contribution in [-0.2, 0) is 4.79 Å². The monoisotopic (exact) mass is 196 g/mol. The van der Waals surface area contributed by atoms with E-state index < -0.39 is 17.8 Å². The molecule has 4 heteroatoms. The molecule has 1 aromatic rings. The maximum atomic E-state index is 13.3. The minimum atomic E-state index is -0.659. The van der Waals surface area contributed by atoms with Gasteiger partial charge in [0, 0.05) is 18.0 Å². The molecular weight excluding hydrogens is 183 g/mol. The number of hydrogen-bond donors (Lipinski definition) is 2. The molecule has 1 unspecified atom stereocenters. The van der Waals surface area contributed by atoms with Gasteiger partial charge in [0.25, 0.3) is 0 Å². The Balaban J connectivity index is 2.90. The second-order valence-electron chi connectivity index (χ2n) is 3.30. The van der Waals surface area contributed by atoms with Gasteiger partial charge in [0.1, 0.15) is 5.82 Å². The third-order valence-electron chi connectivity index (χ3n) is 1.98. The molecule has 0 aromatic heterocycles. The highest BCUT2D eigenvalue weighted by Crippen LogP contribution is 2.18. The predicted molar refractivity (Wildman–Crippen MR) is 51.9 cm³/mol. The lowest BCUT2D eigenvalue weighted by Gasteiger charge is -2.11. The van der Waals surface area contributed by atoms with E-state index in [1.807, 2.05) is 0 Å². The van der Waals surface area contributed by atoms with E-state index in [0.29, 0.717) is 5.56 Å². The zero-order chi connectivity index (χ0) is 10.7. The highest BCUT2D eigenvalue weighted by molar-refractivity contribution is 5.74. The van der Waals surface area contributed by atoms with Crippen LogP contribution in [0.1, 0.15) is 23.6 Å². The first-order valence-corrected chi connectivity index (χ1v) is 4.30. The topological polar surface area (TPSA) is 69.1 Å². The van der Waals surface area contributed by atoms with Crippen molar-refractivity contribution in [3.05, 3.63) is 35.1 Å². The molecule has 0 aliphatic carbocycles. The van der Waals surface area contributed by atoms with E-state index in [1.165, 1.54) is 6.07 Å². The molecular formula is C10H13FN2O. The van der Waals surface area contributed by atoms with Crippen LogP contribution < -0.4 is 11.5 Å². The van der Waals surface area contributed by atoms with Crippen LogP contribution in [0.4, 0.5) is 4.39 Å². The fraction of sp³-hybridized carbons (Fsp3) is 0.300. The lowest BCUT2D eigenvalue weighted by atomic mass is 10.0. The average Bonchev–Trinajstić information content (AvgIpc) is 2.01. The number of hydrogen-bond acceptors (Lipinski definition) is 2. The van der Waals surface area contributed by atoms with Crippen LogP contribution in [0.15, 0.2) is 18.2 Å². The van der Waals surface area contributed by atoms with Crippen molar-refractivity contribution in [1.29, 1.82) is 0 Å². The molecule has 0 fully saturated rings. The van der Waals surface area contributed by atoms with E-state index in [9.17, 15) is 9.18 Å². The van der Waals surface area contributed by atoms with Gasteiger partial charge in [-0.25, -0.2) is 4.39 Å². The SMILES string of the molecule is Cc1ccc(C(N)CC(N)=O)c(F)c1. The third kappa shape index (κ3) is 2.53. The molecule has 3 nitrogen and oxygen atoms in total. The molecule has 0 saturated heterocycles. The Labute approximate surface area is 81.9 Å². The number of amides is 1. The maximum Gasteiger partial charge on any atom is 0.219 e. The first-order chi connectivity index (χ1) is 6.50. The van der Waals surface area contributed by atoms with Gasteiger partial charge >= 0.3 is 0 Å². The number of primary amides is 1. The van der Waals surface area contributed by atoms with E-state index in [1.54, 1.807) is 19.1 Å². The highest BCUT2D eigenvalue weighted by atomic mass is 19.1. The van der Waals surface area contributed by atoms with Crippen LogP contribution in [0.3, 0.4) is 0 Å². The Kier molecular flexibility index (Phi) is 3.19. The van der Waals surface area contributed by atoms with Gasteiger partial charge in [0.15, 0.2) is 0 Å². The lowest BCUT2D eigenvalue weighted by Crippen LogP contribution is -2.21. The number of aryl methyl sites for hydroxylation is 1. The van der Waals surface area contributed by atoms with Crippen molar-refractivity contribution in [2.75, 3.05) is 0 Å². The third-order valence-corrected chi connectivity index (χ3v) is 1.98. The normalized spacial score (nSPS) is 12.5. The molecule has 14 heavy (non-hydrogen) atoms. The van der Waals surface area contributed by atoms with Crippen molar-refractivity contribution in [2.45, 2.75) is 19.4 Å². The van der Waals surface area contributed by atoms with E-state index in [-0.39, 0.29) is 6.42 Å². The standard InChI is InChI=1S/C10H13FN2O/c1-6-2-3-7(8(11)4-6)9(12)5-10(13)14/h2-4,9H,5,12H2,1H3,(H2,13,14). The number of benzene rings is 1. The average molecular weight is 196 g/mol. The smallest absolute Gasteiger partial charge is 0.219 e. The number of carbonyl (C=O) groups is 1. The fourth-order valence-corrected chi connectivity index (χ4v) is 1.26.